The van der Waals surface area contributed by atoms with Gasteiger partial charge in [0.05, 0.1) is 0 Å². The third kappa shape index (κ3) is 3.60. The van der Waals surface area contributed by atoms with Crippen molar-refractivity contribution in [1.29, 1.82) is 0 Å². The molecular weight excluding hydrogens is 396 g/mol. The quantitative estimate of drug-likeness (QED) is 0.321. The van der Waals surface area contributed by atoms with Gasteiger partial charge in [-0.2, -0.15) is 0 Å². The van der Waals surface area contributed by atoms with Crippen LogP contribution in [-0.4, -0.2) is 15.3 Å². The molecule has 32 heavy (non-hydrogen) atoms. The SMILES string of the molecule is CC(C)(c1ccccc1O)c1ccccc1C(C)(c1ccc(O)cc1)c1ccc(O)cc1. The molecule has 4 aromatic rings. The van der Waals surface area contributed by atoms with Crippen LogP contribution in [0.15, 0.2) is 97.1 Å². The van der Waals surface area contributed by atoms with E-state index in [2.05, 4.69) is 32.9 Å². The molecular formula is C29H28O3. The Morgan fingerprint density at radius 2 is 0.875 bits per heavy atom. The van der Waals surface area contributed by atoms with E-state index in [0.717, 1.165) is 27.8 Å². The largest absolute Gasteiger partial charge is 0.508 e. The maximum atomic E-state index is 10.6. The molecule has 0 saturated carbocycles. The summed E-state index contributed by atoms with van der Waals surface area (Å²) in [6, 6.07) is 30.3. The normalized spacial score (nSPS) is 12.0. The van der Waals surface area contributed by atoms with Crippen molar-refractivity contribution in [2.45, 2.75) is 31.6 Å². The summed E-state index contributed by atoms with van der Waals surface area (Å²) in [6.07, 6.45) is 0. The highest BCUT2D eigenvalue weighted by molar-refractivity contribution is 5.57. The van der Waals surface area contributed by atoms with E-state index in [9.17, 15) is 15.3 Å². The van der Waals surface area contributed by atoms with Gasteiger partial charge in [0.25, 0.3) is 0 Å². The first-order chi connectivity index (χ1) is 15.2. The van der Waals surface area contributed by atoms with Crippen LogP contribution < -0.4 is 0 Å². The Bertz CT molecular complexity index is 1180. The van der Waals surface area contributed by atoms with E-state index in [4.69, 9.17) is 0 Å². The minimum absolute atomic E-state index is 0.213. The van der Waals surface area contributed by atoms with Crippen LogP contribution >= 0.6 is 0 Å². The number of benzene rings is 4. The molecule has 0 unspecified atom stereocenters. The minimum atomic E-state index is -0.570. The lowest BCUT2D eigenvalue weighted by molar-refractivity contribution is 0.451. The van der Waals surface area contributed by atoms with Crippen LogP contribution in [0.3, 0.4) is 0 Å². The van der Waals surface area contributed by atoms with Gasteiger partial charge < -0.3 is 15.3 Å². The average Bonchev–Trinajstić information content (AvgIpc) is 2.79. The molecule has 0 radical (unpaired) electrons. The van der Waals surface area contributed by atoms with E-state index < -0.39 is 10.8 Å². The van der Waals surface area contributed by atoms with E-state index in [-0.39, 0.29) is 17.2 Å². The number of phenols is 3. The van der Waals surface area contributed by atoms with Gasteiger partial charge in [-0.25, -0.2) is 0 Å². The zero-order valence-corrected chi connectivity index (χ0v) is 18.6. The van der Waals surface area contributed by atoms with E-state index in [1.54, 1.807) is 30.3 Å². The summed E-state index contributed by atoms with van der Waals surface area (Å²) in [5, 5.41) is 30.4. The Labute approximate surface area is 189 Å². The Morgan fingerprint density at radius 3 is 1.34 bits per heavy atom. The smallest absolute Gasteiger partial charge is 0.119 e. The molecule has 0 fully saturated rings. The molecule has 0 heterocycles. The first-order valence-corrected chi connectivity index (χ1v) is 10.7. The molecule has 0 aliphatic rings. The zero-order chi connectivity index (χ0) is 22.9. The second kappa shape index (κ2) is 8.08. The number of rotatable bonds is 5. The Kier molecular flexibility index (Phi) is 5.43. The molecule has 0 saturated heterocycles. The molecule has 0 aliphatic carbocycles. The lowest BCUT2D eigenvalue weighted by Crippen LogP contribution is -2.31. The second-order valence-electron chi connectivity index (χ2n) is 8.91. The van der Waals surface area contributed by atoms with E-state index in [1.165, 1.54) is 0 Å². The Hall–Kier alpha value is -3.72. The van der Waals surface area contributed by atoms with Gasteiger partial charge in [-0.15, -0.1) is 0 Å². The van der Waals surface area contributed by atoms with Crippen molar-refractivity contribution in [2.24, 2.45) is 0 Å². The third-order valence-corrected chi connectivity index (χ3v) is 6.61. The first kappa shape index (κ1) is 21.5. The lowest BCUT2D eigenvalue weighted by Gasteiger charge is -2.38. The van der Waals surface area contributed by atoms with Gasteiger partial charge in [0.1, 0.15) is 17.2 Å². The van der Waals surface area contributed by atoms with Gasteiger partial charge in [0.15, 0.2) is 0 Å². The van der Waals surface area contributed by atoms with Crippen molar-refractivity contribution in [3.8, 4) is 17.2 Å². The molecule has 0 bridgehead atoms. The van der Waals surface area contributed by atoms with Crippen molar-refractivity contribution >= 4 is 0 Å². The molecule has 0 atom stereocenters. The number of aromatic hydroxyl groups is 3. The number of phenolic OH excluding ortho intramolecular Hbond substituents is 3. The summed E-state index contributed by atoms with van der Waals surface area (Å²) in [7, 11) is 0. The van der Waals surface area contributed by atoms with Crippen LogP contribution in [0, 0.1) is 0 Å². The molecule has 3 heteroatoms. The topological polar surface area (TPSA) is 60.7 Å². The summed E-state index contributed by atoms with van der Waals surface area (Å²) >= 11 is 0. The van der Waals surface area contributed by atoms with Crippen LogP contribution in [0.4, 0.5) is 0 Å². The fourth-order valence-electron chi connectivity index (χ4n) is 4.68. The molecule has 0 aliphatic heterocycles. The third-order valence-electron chi connectivity index (χ3n) is 6.61. The average molecular weight is 425 g/mol. The van der Waals surface area contributed by atoms with Crippen LogP contribution in [0.5, 0.6) is 17.2 Å². The van der Waals surface area contributed by atoms with Crippen LogP contribution in [-0.2, 0) is 10.8 Å². The van der Waals surface area contributed by atoms with Gasteiger partial charge >= 0.3 is 0 Å². The van der Waals surface area contributed by atoms with Crippen molar-refractivity contribution < 1.29 is 15.3 Å². The van der Waals surface area contributed by atoms with Gasteiger partial charge in [0, 0.05) is 16.4 Å². The van der Waals surface area contributed by atoms with E-state index >= 15 is 0 Å². The van der Waals surface area contributed by atoms with E-state index in [0.29, 0.717) is 0 Å². The van der Waals surface area contributed by atoms with Gasteiger partial charge in [-0.1, -0.05) is 80.6 Å². The summed E-state index contributed by atoms with van der Waals surface area (Å²) in [5.41, 5.74) is 4.01. The highest BCUT2D eigenvalue weighted by Crippen LogP contribution is 2.46. The lowest BCUT2D eigenvalue weighted by atomic mass is 9.65. The predicted molar refractivity (Wildman–Crippen MR) is 128 cm³/mol. The molecule has 4 rings (SSSR count). The van der Waals surface area contributed by atoms with Crippen molar-refractivity contribution in [3.63, 3.8) is 0 Å². The Morgan fingerprint density at radius 1 is 0.469 bits per heavy atom. The van der Waals surface area contributed by atoms with Gasteiger partial charge in [0.2, 0.25) is 0 Å². The molecule has 0 aromatic heterocycles. The highest BCUT2D eigenvalue weighted by atomic mass is 16.3. The van der Waals surface area contributed by atoms with Crippen LogP contribution in [0.2, 0.25) is 0 Å². The first-order valence-electron chi connectivity index (χ1n) is 10.7. The fourth-order valence-corrected chi connectivity index (χ4v) is 4.68. The standard InChI is InChI=1S/C29H28O3/c1-28(2,26-10-6-7-11-27(26)32)24-8-4-5-9-25(24)29(3,20-12-16-22(30)17-13-20)21-14-18-23(31)19-15-21/h4-19,30-32H,1-3H3. The second-order valence-corrected chi connectivity index (χ2v) is 8.91. The number of hydrogen-bond acceptors (Lipinski definition) is 3. The summed E-state index contributed by atoms with van der Waals surface area (Å²) in [4.78, 5) is 0. The van der Waals surface area contributed by atoms with Crippen LogP contribution in [0.1, 0.15) is 48.6 Å². The van der Waals surface area contributed by atoms with Crippen LogP contribution in [0.25, 0.3) is 0 Å². The molecule has 3 nitrogen and oxygen atoms in total. The number of hydrogen-bond donors (Lipinski definition) is 3. The maximum absolute atomic E-state index is 10.6. The van der Waals surface area contributed by atoms with Crippen molar-refractivity contribution in [1.82, 2.24) is 0 Å². The van der Waals surface area contributed by atoms with Crippen molar-refractivity contribution in [2.75, 3.05) is 0 Å². The molecule has 4 aromatic carbocycles. The van der Waals surface area contributed by atoms with Gasteiger partial charge in [-0.05, 0) is 59.5 Å². The molecule has 0 amide bonds. The number of para-hydroxylation sites is 1. The molecule has 3 N–H and O–H groups in total. The Balaban J connectivity index is 2.01. The summed E-state index contributed by atoms with van der Waals surface area (Å²) < 4.78 is 0. The molecule has 162 valence electrons. The maximum Gasteiger partial charge on any atom is 0.119 e. The van der Waals surface area contributed by atoms with Crippen molar-refractivity contribution in [3.05, 3.63) is 125 Å². The van der Waals surface area contributed by atoms with Gasteiger partial charge in [-0.3, -0.25) is 0 Å². The fraction of sp³-hybridized carbons (Fsp3) is 0.172. The molecule has 0 spiro atoms. The predicted octanol–water partition coefficient (Wildman–Crippen LogP) is 6.48. The highest BCUT2D eigenvalue weighted by Gasteiger charge is 2.38. The zero-order valence-electron chi connectivity index (χ0n) is 18.6. The van der Waals surface area contributed by atoms with E-state index in [1.807, 2.05) is 54.6 Å². The summed E-state index contributed by atoms with van der Waals surface area (Å²) in [5.74, 6) is 0.692. The summed E-state index contributed by atoms with van der Waals surface area (Å²) in [6.45, 7) is 6.40. The monoisotopic (exact) mass is 424 g/mol. The minimum Gasteiger partial charge on any atom is -0.508 e.